The molecule has 9 nitrogen and oxygen atoms in total. The van der Waals surface area contributed by atoms with Crippen LogP contribution in [0.4, 0.5) is 9.93 Å². The molecule has 0 fully saturated rings. The molecule has 0 unspecified atom stereocenters. The number of ether oxygens (including phenoxy) is 1. The monoisotopic (exact) mass is 298 g/mol. The first-order valence-corrected chi connectivity index (χ1v) is 6.43. The molecule has 0 aromatic carbocycles. The van der Waals surface area contributed by atoms with E-state index in [1.165, 1.54) is 19.1 Å². The van der Waals surface area contributed by atoms with Crippen LogP contribution < -0.4 is 9.64 Å². The number of hydroxylamine groups is 2. The summed E-state index contributed by atoms with van der Waals surface area (Å²) in [4.78, 5) is 18.0. The van der Waals surface area contributed by atoms with E-state index in [0.717, 1.165) is 22.1 Å². The van der Waals surface area contributed by atoms with E-state index in [0.29, 0.717) is 16.9 Å². The maximum atomic E-state index is 11.8. The smallest absolute Gasteiger partial charge is 0.349 e. The number of aromatic amines is 1. The molecule has 0 radical (unpaired) electrons. The number of nitrogens with zero attached hydrogens (tertiary/aromatic N) is 5. The third-order valence-electron chi connectivity index (χ3n) is 2.42. The summed E-state index contributed by atoms with van der Waals surface area (Å²) in [6.07, 6.45) is 1.64. The van der Waals surface area contributed by atoms with Crippen LogP contribution in [-0.2, 0) is 11.4 Å². The van der Waals surface area contributed by atoms with Crippen LogP contribution in [0.15, 0.2) is 12.3 Å². The number of hydrogen-bond donors (Lipinski definition) is 1. The van der Waals surface area contributed by atoms with Crippen LogP contribution in [-0.4, -0.2) is 52.7 Å². The highest BCUT2D eigenvalue weighted by atomic mass is 32.1. The van der Waals surface area contributed by atoms with Gasteiger partial charge in [0.05, 0.1) is 12.8 Å². The summed E-state index contributed by atoms with van der Waals surface area (Å²) < 4.78 is 5.44. The van der Waals surface area contributed by atoms with E-state index in [9.17, 15) is 4.79 Å². The van der Waals surface area contributed by atoms with Crippen LogP contribution in [0, 0.1) is 0 Å². The SMILES string of the molecule is CON(C)C(=O)N(C)c1nnc(OCc2ccn[nH]2)s1. The molecule has 108 valence electrons. The fraction of sp³-hybridized carbons (Fsp3) is 0.400. The molecule has 0 saturated carbocycles. The summed E-state index contributed by atoms with van der Waals surface area (Å²) >= 11 is 1.16. The highest BCUT2D eigenvalue weighted by Gasteiger charge is 2.19. The predicted molar refractivity (Wildman–Crippen MR) is 71.4 cm³/mol. The Labute approximate surface area is 119 Å². The molecule has 0 bridgehead atoms. The molecule has 0 aliphatic heterocycles. The van der Waals surface area contributed by atoms with Gasteiger partial charge in [0.2, 0.25) is 5.13 Å². The van der Waals surface area contributed by atoms with Crippen LogP contribution in [0.5, 0.6) is 5.19 Å². The zero-order valence-electron chi connectivity index (χ0n) is 11.2. The van der Waals surface area contributed by atoms with Gasteiger partial charge in [-0.15, -0.1) is 5.10 Å². The normalized spacial score (nSPS) is 10.3. The molecular weight excluding hydrogens is 284 g/mol. The van der Waals surface area contributed by atoms with E-state index in [4.69, 9.17) is 9.57 Å². The highest BCUT2D eigenvalue weighted by molar-refractivity contribution is 7.17. The van der Waals surface area contributed by atoms with Gasteiger partial charge in [-0.3, -0.25) is 14.8 Å². The Kier molecular flexibility index (Phi) is 4.48. The minimum Gasteiger partial charge on any atom is -0.462 e. The van der Waals surface area contributed by atoms with Gasteiger partial charge in [0, 0.05) is 20.3 Å². The molecule has 2 aromatic heterocycles. The van der Waals surface area contributed by atoms with Gasteiger partial charge in [-0.1, -0.05) is 5.10 Å². The lowest BCUT2D eigenvalue weighted by Crippen LogP contribution is -2.38. The fourth-order valence-electron chi connectivity index (χ4n) is 1.27. The van der Waals surface area contributed by atoms with E-state index in [1.54, 1.807) is 19.3 Å². The van der Waals surface area contributed by atoms with Crippen molar-refractivity contribution in [2.75, 3.05) is 26.1 Å². The minimum absolute atomic E-state index is 0.310. The summed E-state index contributed by atoms with van der Waals surface area (Å²) in [5.74, 6) is 0. The number of aromatic nitrogens is 4. The summed E-state index contributed by atoms with van der Waals surface area (Å²) in [6, 6.07) is 1.44. The molecule has 0 spiro atoms. The lowest BCUT2D eigenvalue weighted by Gasteiger charge is -2.19. The average molecular weight is 298 g/mol. The summed E-state index contributed by atoms with van der Waals surface area (Å²) in [6.45, 7) is 0.310. The number of carbonyl (C=O) groups excluding carboxylic acids is 1. The van der Waals surface area contributed by atoms with Crippen molar-refractivity contribution in [2.45, 2.75) is 6.61 Å². The largest absolute Gasteiger partial charge is 0.462 e. The third kappa shape index (κ3) is 3.22. The van der Waals surface area contributed by atoms with Crippen molar-refractivity contribution in [2.24, 2.45) is 0 Å². The number of H-pyrrole nitrogens is 1. The number of carbonyl (C=O) groups is 1. The van der Waals surface area contributed by atoms with Gasteiger partial charge in [-0.2, -0.15) is 5.10 Å². The Morgan fingerprint density at radius 1 is 1.45 bits per heavy atom. The molecule has 0 saturated heterocycles. The van der Waals surface area contributed by atoms with E-state index < -0.39 is 0 Å². The molecule has 20 heavy (non-hydrogen) atoms. The van der Waals surface area contributed by atoms with E-state index in [-0.39, 0.29) is 6.03 Å². The van der Waals surface area contributed by atoms with Crippen molar-refractivity contribution in [3.05, 3.63) is 18.0 Å². The van der Waals surface area contributed by atoms with Crippen molar-refractivity contribution in [3.63, 3.8) is 0 Å². The lowest BCUT2D eigenvalue weighted by atomic mass is 10.5. The number of urea groups is 1. The molecule has 0 aliphatic rings. The molecule has 2 heterocycles. The van der Waals surface area contributed by atoms with Crippen LogP contribution >= 0.6 is 11.3 Å². The quantitative estimate of drug-likeness (QED) is 0.823. The van der Waals surface area contributed by atoms with Gasteiger partial charge in [-0.25, -0.2) is 9.86 Å². The first-order chi connectivity index (χ1) is 9.61. The summed E-state index contributed by atoms with van der Waals surface area (Å²) in [5.41, 5.74) is 0.824. The molecule has 0 aliphatic carbocycles. The molecule has 0 atom stereocenters. The maximum Gasteiger partial charge on any atom is 0.349 e. The number of amides is 2. The Balaban J connectivity index is 1.96. The third-order valence-corrected chi connectivity index (χ3v) is 3.33. The fourth-order valence-corrected chi connectivity index (χ4v) is 1.92. The number of hydrogen-bond acceptors (Lipinski definition) is 7. The molecule has 2 amide bonds. The topological polar surface area (TPSA) is 96.5 Å². The highest BCUT2D eigenvalue weighted by Crippen LogP contribution is 2.26. The molecule has 1 N–H and O–H groups in total. The minimum atomic E-state index is -0.358. The van der Waals surface area contributed by atoms with Gasteiger partial charge in [0.15, 0.2) is 0 Å². The van der Waals surface area contributed by atoms with Gasteiger partial charge in [-0.05, 0) is 17.4 Å². The van der Waals surface area contributed by atoms with Crippen LogP contribution in [0.3, 0.4) is 0 Å². The van der Waals surface area contributed by atoms with Crippen molar-refractivity contribution in [3.8, 4) is 5.19 Å². The number of nitrogens with one attached hydrogen (secondary N) is 1. The molecule has 2 rings (SSSR count). The van der Waals surface area contributed by atoms with Crippen molar-refractivity contribution < 1.29 is 14.4 Å². The van der Waals surface area contributed by atoms with Crippen molar-refractivity contribution in [1.82, 2.24) is 25.5 Å². The van der Waals surface area contributed by atoms with Crippen molar-refractivity contribution in [1.29, 1.82) is 0 Å². The maximum absolute atomic E-state index is 11.8. The molecular formula is C10H14N6O3S. The van der Waals surface area contributed by atoms with Gasteiger partial charge < -0.3 is 4.74 Å². The van der Waals surface area contributed by atoms with Gasteiger partial charge >= 0.3 is 6.03 Å². The van der Waals surface area contributed by atoms with Gasteiger partial charge in [0.25, 0.3) is 5.19 Å². The van der Waals surface area contributed by atoms with Gasteiger partial charge in [0.1, 0.15) is 6.61 Å². The molecule has 2 aromatic rings. The summed E-state index contributed by atoms with van der Waals surface area (Å²) in [5, 5.41) is 16.2. The second kappa shape index (κ2) is 6.30. The first-order valence-electron chi connectivity index (χ1n) is 5.62. The Bertz CT molecular complexity index is 557. The predicted octanol–water partition coefficient (Wildman–Crippen LogP) is 0.890. The number of anilines is 1. The second-order valence-electron chi connectivity index (χ2n) is 3.74. The Hall–Kier alpha value is -2.20. The standard InChI is InChI=1S/C10H14N6O3S/c1-15(10(17)16(2)18-3)8-13-14-9(20-8)19-6-7-4-5-11-12-7/h4-5H,6H2,1-3H3,(H,11,12). The van der Waals surface area contributed by atoms with E-state index in [2.05, 4.69) is 20.4 Å². The summed E-state index contributed by atoms with van der Waals surface area (Å²) in [7, 11) is 4.50. The van der Waals surface area contributed by atoms with Crippen molar-refractivity contribution >= 4 is 22.5 Å². The zero-order chi connectivity index (χ0) is 14.5. The average Bonchev–Trinajstić information content (AvgIpc) is 3.13. The Morgan fingerprint density at radius 2 is 2.25 bits per heavy atom. The second-order valence-corrected chi connectivity index (χ2v) is 4.66. The van der Waals surface area contributed by atoms with Crippen LogP contribution in [0.2, 0.25) is 0 Å². The van der Waals surface area contributed by atoms with Crippen LogP contribution in [0.1, 0.15) is 5.69 Å². The van der Waals surface area contributed by atoms with E-state index in [1.807, 2.05) is 0 Å². The lowest BCUT2D eigenvalue weighted by molar-refractivity contribution is -0.0619. The van der Waals surface area contributed by atoms with Crippen LogP contribution in [0.25, 0.3) is 0 Å². The first kappa shape index (κ1) is 14.2. The number of rotatable bonds is 5. The molecule has 10 heteroatoms. The zero-order valence-corrected chi connectivity index (χ0v) is 12.0. The van der Waals surface area contributed by atoms with E-state index >= 15 is 0 Å². The Morgan fingerprint density at radius 3 is 2.90 bits per heavy atom.